The van der Waals surface area contributed by atoms with Crippen LogP contribution in [0.2, 0.25) is 0 Å². The standard InChI is InChI=1S/C20H30O4/c1-2-3-4-8-11-14-17(21)15-12-9-6-5-7-10-13-16-18-19(24-18)20(22)23/h5-7,10,13,16-17,21H,2-4,8-9,11-12,14-15H2,1H3,(H,22,23). The van der Waals surface area contributed by atoms with Gasteiger partial charge in [0.1, 0.15) is 0 Å². The Morgan fingerprint density at radius 3 is 2.46 bits per heavy atom. The van der Waals surface area contributed by atoms with Gasteiger partial charge in [0.05, 0.1) is 6.10 Å². The molecular formula is C20H30O4. The van der Waals surface area contributed by atoms with Crippen molar-refractivity contribution >= 4 is 5.97 Å². The number of allylic oxidation sites excluding steroid dienone is 6. The number of unbranched alkanes of at least 4 members (excludes halogenated alkanes) is 5. The van der Waals surface area contributed by atoms with Crippen molar-refractivity contribution in [1.29, 1.82) is 0 Å². The number of aliphatic hydroxyl groups is 1. The highest BCUT2D eigenvalue weighted by Crippen LogP contribution is 2.26. The maximum absolute atomic E-state index is 10.5. The molecule has 0 aromatic carbocycles. The van der Waals surface area contributed by atoms with Gasteiger partial charge in [0, 0.05) is 0 Å². The predicted octanol–water partition coefficient (Wildman–Crippen LogP) is 4.87. The molecule has 4 heteroatoms. The quantitative estimate of drug-likeness (QED) is 0.351. The van der Waals surface area contributed by atoms with Gasteiger partial charge in [0.15, 0.2) is 5.76 Å². The first-order valence-corrected chi connectivity index (χ1v) is 8.98. The van der Waals surface area contributed by atoms with Gasteiger partial charge in [-0.2, -0.15) is 0 Å². The van der Waals surface area contributed by atoms with Crippen molar-refractivity contribution in [2.45, 2.75) is 70.8 Å². The first kappa shape index (κ1) is 20.2. The van der Waals surface area contributed by atoms with E-state index in [-0.39, 0.29) is 11.9 Å². The van der Waals surface area contributed by atoms with E-state index in [9.17, 15) is 9.90 Å². The highest BCUT2D eigenvalue weighted by Gasteiger charge is 2.29. The van der Waals surface area contributed by atoms with E-state index >= 15 is 0 Å². The van der Waals surface area contributed by atoms with Crippen molar-refractivity contribution in [3.05, 3.63) is 48.0 Å². The van der Waals surface area contributed by atoms with E-state index in [2.05, 4.69) is 13.0 Å². The van der Waals surface area contributed by atoms with E-state index in [4.69, 9.17) is 9.84 Å². The Labute approximate surface area is 145 Å². The Bertz CT molecular complexity index is 486. The average molecular weight is 334 g/mol. The zero-order valence-corrected chi connectivity index (χ0v) is 14.6. The molecule has 1 rings (SSSR count). The summed E-state index contributed by atoms with van der Waals surface area (Å²) < 4.78 is 4.78. The van der Waals surface area contributed by atoms with E-state index in [1.807, 2.05) is 18.2 Å². The molecule has 0 fully saturated rings. The summed E-state index contributed by atoms with van der Waals surface area (Å²) in [6, 6.07) is 0. The third-order valence-electron chi connectivity index (χ3n) is 3.85. The SMILES string of the molecule is CCCCCCCC(O)CCCC=CC=CC=CC1=C(C(=O)O)O1. The molecule has 1 aliphatic rings. The summed E-state index contributed by atoms with van der Waals surface area (Å²) in [6.45, 7) is 2.21. The summed E-state index contributed by atoms with van der Waals surface area (Å²) in [7, 11) is 0. The fourth-order valence-electron chi connectivity index (χ4n) is 2.39. The minimum Gasteiger partial charge on any atom is -0.475 e. The molecule has 0 bridgehead atoms. The second-order valence-electron chi connectivity index (χ2n) is 6.06. The van der Waals surface area contributed by atoms with Crippen LogP contribution in [0.15, 0.2) is 48.0 Å². The van der Waals surface area contributed by atoms with Crippen LogP contribution < -0.4 is 0 Å². The molecule has 0 spiro atoms. The van der Waals surface area contributed by atoms with Crippen molar-refractivity contribution in [3.8, 4) is 0 Å². The van der Waals surface area contributed by atoms with Crippen LogP contribution in [0.4, 0.5) is 0 Å². The molecule has 0 saturated heterocycles. The van der Waals surface area contributed by atoms with Crippen LogP contribution in [-0.4, -0.2) is 22.3 Å². The molecule has 1 aliphatic heterocycles. The molecule has 0 saturated carbocycles. The molecule has 4 nitrogen and oxygen atoms in total. The molecule has 1 atom stereocenters. The molecule has 0 amide bonds. The molecule has 24 heavy (non-hydrogen) atoms. The van der Waals surface area contributed by atoms with Crippen molar-refractivity contribution in [1.82, 2.24) is 0 Å². The highest BCUT2D eigenvalue weighted by molar-refractivity contribution is 5.89. The number of rotatable bonds is 14. The summed E-state index contributed by atoms with van der Waals surface area (Å²) in [5.74, 6) is -0.583. The highest BCUT2D eigenvalue weighted by atomic mass is 16.6. The topological polar surface area (TPSA) is 70.1 Å². The fraction of sp³-hybridized carbons (Fsp3) is 0.550. The second-order valence-corrected chi connectivity index (χ2v) is 6.06. The molecule has 0 aromatic rings. The van der Waals surface area contributed by atoms with Gasteiger partial charge in [0.25, 0.3) is 5.76 Å². The lowest BCUT2D eigenvalue weighted by Gasteiger charge is -2.09. The van der Waals surface area contributed by atoms with E-state index in [1.54, 1.807) is 12.2 Å². The number of hydrogen-bond donors (Lipinski definition) is 2. The number of carbonyl (C=O) groups is 1. The smallest absolute Gasteiger partial charge is 0.375 e. The monoisotopic (exact) mass is 334 g/mol. The Balaban J connectivity index is 1.98. The van der Waals surface area contributed by atoms with Crippen molar-refractivity contribution in [2.24, 2.45) is 0 Å². The van der Waals surface area contributed by atoms with E-state index in [1.165, 1.54) is 25.7 Å². The Hall–Kier alpha value is -1.81. The van der Waals surface area contributed by atoms with Crippen LogP contribution in [0.1, 0.15) is 64.7 Å². The third-order valence-corrected chi connectivity index (χ3v) is 3.85. The molecule has 1 unspecified atom stereocenters. The number of ether oxygens (including phenoxy) is 1. The molecular weight excluding hydrogens is 304 g/mol. The number of carboxylic acids is 1. The second kappa shape index (κ2) is 12.6. The first-order chi connectivity index (χ1) is 11.6. The maximum atomic E-state index is 10.5. The summed E-state index contributed by atoms with van der Waals surface area (Å²) >= 11 is 0. The van der Waals surface area contributed by atoms with Gasteiger partial charge in [-0.25, -0.2) is 4.79 Å². The third kappa shape index (κ3) is 10.1. The summed E-state index contributed by atoms with van der Waals surface area (Å²) in [5, 5.41) is 18.5. The summed E-state index contributed by atoms with van der Waals surface area (Å²) in [5.41, 5.74) is 0. The normalized spacial score (nSPS) is 15.6. The average Bonchev–Trinajstić information content (AvgIpc) is 3.33. The van der Waals surface area contributed by atoms with Gasteiger partial charge in [-0.05, 0) is 31.8 Å². The lowest BCUT2D eigenvalue weighted by molar-refractivity contribution is -0.133. The minimum atomic E-state index is -1.03. The Kier molecular flexibility index (Phi) is 10.6. The molecule has 1 heterocycles. The van der Waals surface area contributed by atoms with E-state index in [0.29, 0.717) is 5.76 Å². The molecule has 0 aromatic heterocycles. The van der Waals surface area contributed by atoms with Crippen LogP contribution in [0.5, 0.6) is 0 Å². The summed E-state index contributed by atoms with van der Waals surface area (Å²) in [6.07, 6.45) is 20.9. The van der Waals surface area contributed by atoms with Crippen molar-refractivity contribution in [3.63, 3.8) is 0 Å². The zero-order valence-electron chi connectivity index (χ0n) is 14.6. The van der Waals surface area contributed by atoms with Crippen LogP contribution in [0.3, 0.4) is 0 Å². The number of aliphatic hydroxyl groups excluding tert-OH is 1. The van der Waals surface area contributed by atoms with Gasteiger partial charge in [0.2, 0.25) is 0 Å². The Morgan fingerprint density at radius 1 is 1.04 bits per heavy atom. The van der Waals surface area contributed by atoms with E-state index < -0.39 is 5.97 Å². The first-order valence-electron chi connectivity index (χ1n) is 8.98. The zero-order chi connectivity index (χ0) is 17.6. The number of hydrogen-bond acceptors (Lipinski definition) is 3. The van der Waals surface area contributed by atoms with Crippen LogP contribution in [-0.2, 0) is 9.53 Å². The van der Waals surface area contributed by atoms with Gasteiger partial charge < -0.3 is 14.9 Å². The molecule has 0 aliphatic carbocycles. The predicted molar refractivity (Wildman–Crippen MR) is 96.4 cm³/mol. The maximum Gasteiger partial charge on any atom is 0.375 e. The van der Waals surface area contributed by atoms with Crippen LogP contribution in [0.25, 0.3) is 0 Å². The van der Waals surface area contributed by atoms with E-state index in [0.717, 1.165) is 32.1 Å². The summed E-state index contributed by atoms with van der Waals surface area (Å²) in [4.78, 5) is 10.5. The van der Waals surface area contributed by atoms with Gasteiger partial charge in [-0.3, -0.25) is 0 Å². The largest absolute Gasteiger partial charge is 0.475 e. The molecule has 0 radical (unpaired) electrons. The fourth-order valence-corrected chi connectivity index (χ4v) is 2.39. The lowest BCUT2D eigenvalue weighted by atomic mass is 10.0. The minimum absolute atomic E-state index is 0.0270. The van der Waals surface area contributed by atoms with Gasteiger partial charge in [-0.15, -0.1) is 0 Å². The van der Waals surface area contributed by atoms with Crippen LogP contribution >= 0.6 is 0 Å². The number of aliphatic carboxylic acids is 1. The Morgan fingerprint density at radius 2 is 1.75 bits per heavy atom. The van der Waals surface area contributed by atoms with Gasteiger partial charge >= 0.3 is 5.97 Å². The van der Waals surface area contributed by atoms with Crippen molar-refractivity contribution in [2.75, 3.05) is 0 Å². The molecule has 134 valence electrons. The molecule has 2 N–H and O–H groups in total. The lowest BCUT2D eigenvalue weighted by Crippen LogP contribution is -2.05. The number of carboxylic acid groups (broad SMARTS) is 1. The van der Waals surface area contributed by atoms with Crippen LogP contribution in [0, 0.1) is 0 Å². The van der Waals surface area contributed by atoms with Crippen molar-refractivity contribution < 1.29 is 19.7 Å². The van der Waals surface area contributed by atoms with Gasteiger partial charge in [-0.1, -0.05) is 69.4 Å².